The van der Waals surface area contributed by atoms with Gasteiger partial charge in [-0.15, -0.1) is 0 Å². The van der Waals surface area contributed by atoms with Crippen molar-refractivity contribution in [1.82, 2.24) is 14.5 Å². The highest BCUT2D eigenvalue weighted by Crippen LogP contribution is 2.37. The number of fused-ring (bicyclic) bond motifs is 3. The molecule has 1 saturated heterocycles. The summed E-state index contributed by atoms with van der Waals surface area (Å²) in [6, 6.07) is 10.7. The van der Waals surface area contributed by atoms with Gasteiger partial charge in [0.15, 0.2) is 11.5 Å². The Bertz CT molecular complexity index is 1390. The van der Waals surface area contributed by atoms with Crippen LogP contribution in [0.2, 0.25) is 5.02 Å². The van der Waals surface area contributed by atoms with Crippen LogP contribution in [0.15, 0.2) is 36.4 Å². The summed E-state index contributed by atoms with van der Waals surface area (Å²) in [7, 11) is 3.10. The maximum absolute atomic E-state index is 13.1. The summed E-state index contributed by atoms with van der Waals surface area (Å²) in [5.41, 5.74) is 1.69. The van der Waals surface area contributed by atoms with Crippen molar-refractivity contribution in [2.24, 2.45) is 0 Å². The molecule has 188 valence electrons. The van der Waals surface area contributed by atoms with Crippen molar-refractivity contribution in [2.75, 3.05) is 50.6 Å². The Morgan fingerprint density at radius 2 is 1.78 bits per heavy atom. The summed E-state index contributed by atoms with van der Waals surface area (Å²) in [4.78, 5) is 34.6. The topological polar surface area (TPSA) is 88.9 Å². The molecule has 36 heavy (non-hydrogen) atoms. The molecule has 0 spiro atoms. The number of halogens is 1. The van der Waals surface area contributed by atoms with Gasteiger partial charge in [0.1, 0.15) is 11.9 Å². The lowest BCUT2D eigenvalue weighted by Crippen LogP contribution is -2.49. The molecular weight excluding hydrogens is 502 g/mol. The second-order valence-electron chi connectivity index (χ2n) is 8.72. The molecule has 9 nitrogen and oxygen atoms in total. The first kappa shape index (κ1) is 24.3. The lowest BCUT2D eigenvalue weighted by Gasteiger charge is -2.36. The largest absolute Gasteiger partial charge is 0.493 e. The van der Waals surface area contributed by atoms with Crippen LogP contribution in [0, 0.1) is 4.77 Å². The van der Waals surface area contributed by atoms with Gasteiger partial charge in [-0.25, -0.2) is 9.55 Å². The van der Waals surface area contributed by atoms with E-state index < -0.39 is 6.04 Å². The molecule has 0 aliphatic carbocycles. The highest BCUT2D eigenvalue weighted by Gasteiger charge is 2.33. The van der Waals surface area contributed by atoms with E-state index in [0.29, 0.717) is 52.8 Å². The molecule has 0 bridgehead atoms. The normalized spacial score (nSPS) is 17.2. The second kappa shape index (κ2) is 9.94. The van der Waals surface area contributed by atoms with E-state index in [1.165, 1.54) is 4.57 Å². The Kier molecular flexibility index (Phi) is 6.72. The summed E-state index contributed by atoms with van der Waals surface area (Å²) in [5.74, 6) is 1.44. The molecule has 1 N–H and O–H groups in total. The van der Waals surface area contributed by atoms with Crippen molar-refractivity contribution in [3.8, 4) is 11.5 Å². The summed E-state index contributed by atoms with van der Waals surface area (Å²) < 4.78 is 12.3. The Morgan fingerprint density at radius 1 is 1.11 bits per heavy atom. The molecular formula is C25H26ClN5O4S. The van der Waals surface area contributed by atoms with Crippen LogP contribution in [0.25, 0.3) is 10.9 Å². The van der Waals surface area contributed by atoms with Gasteiger partial charge in [-0.1, -0.05) is 11.6 Å². The van der Waals surface area contributed by atoms with E-state index in [2.05, 4.69) is 15.2 Å². The molecule has 2 aliphatic rings. The average Bonchev–Trinajstić information content (AvgIpc) is 3.24. The first-order valence-electron chi connectivity index (χ1n) is 11.7. The molecule has 0 unspecified atom stereocenters. The number of methoxy groups -OCH3 is 2. The van der Waals surface area contributed by atoms with E-state index in [0.717, 1.165) is 18.8 Å². The van der Waals surface area contributed by atoms with Crippen molar-refractivity contribution in [3.63, 3.8) is 0 Å². The molecule has 0 saturated carbocycles. The maximum Gasteiger partial charge on any atom is 0.257 e. The average molecular weight is 528 g/mol. The second-order valence-corrected chi connectivity index (χ2v) is 9.52. The Hall–Kier alpha value is -3.37. The van der Waals surface area contributed by atoms with Crippen LogP contribution in [0.4, 0.5) is 11.5 Å². The molecule has 1 amide bonds. The van der Waals surface area contributed by atoms with E-state index >= 15 is 0 Å². The van der Waals surface area contributed by atoms with Gasteiger partial charge in [0.2, 0.25) is 10.7 Å². The van der Waals surface area contributed by atoms with Crippen molar-refractivity contribution < 1.29 is 19.1 Å². The number of benzene rings is 2. The highest BCUT2D eigenvalue weighted by molar-refractivity contribution is 7.71. The highest BCUT2D eigenvalue weighted by atomic mass is 35.5. The van der Waals surface area contributed by atoms with Crippen molar-refractivity contribution >= 4 is 58.0 Å². The zero-order valence-corrected chi connectivity index (χ0v) is 21.6. The van der Waals surface area contributed by atoms with Crippen LogP contribution in [0.5, 0.6) is 11.5 Å². The Labute approximate surface area is 218 Å². The number of amides is 1. The molecule has 2 aromatic carbocycles. The van der Waals surface area contributed by atoms with E-state index in [9.17, 15) is 9.59 Å². The number of aromatic nitrogens is 2. The zero-order valence-electron chi connectivity index (χ0n) is 20.0. The smallest absolute Gasteiger partial charge is 0.257 e. The van der Waals surface area contributed by atoms with E-state index in [-0.39, 0.29) is 23.0 Å². The van der Waals surface area contributed by atoms with Gasteiger partial charge in [0.25, 0.3) is 5.91 Å². The number of hydrogen-bond donors (Lipinski definition) is 1. The van der Waals surface area contributed by atoms with Crippen LogP contribution < -0.4 is 19.7 Å². The summed E-state index contributed by atoms with van der Waals surface area (Å²) in [6.45, 7) is 2.76. The lowest BCUT2D eigenvalue weighted by atomic mass is 10.1. The molecule has 1 atom stereocenters. The fourth-order valence-electron chi connectivity index (χ4n) is 4.74. The van der Waals surface area contributed by atoms with Gasteiger partial charge in [-0.3, -0.25) is 9.59 Å². The van der Waals surface area contributed by atoms with Gasteiger partial charge in [-0.05, 0) is 49.0 Å². The summed E-state index contributed by atoms with van der Waals surface area (Å²) in [6.07, 6.45) is 0.620. The summed E-state index contributed by atoms with van der Waals surface area (Å²) in [5, 5.41) is 4.67. The monoisotopic (exact) mass is 527 g/mol. The van der Waals surface area contributed by atoms with Crippen LogP contribution in [0.1, 0.15) is 17.6 Å². The Morgan fingerprint density at radius 3 is 2.44 bits per heavy atom. The number of anilines is 2. The number of piperazine rings is 1. The predicted octanol–water partition coefficient (Wildman–Crippen LogP) is 4.00. The lowest BCUT2D eigenvalue weighted by molar-refractivity contribution is -0.131. The minimum absolute atomic E-state index is 0.0364. The molecule has 5 rings (SSSR count). The maximum atomic E-state index is 13.1. The van der Waals surface area contributed by atoms with Gasteiger partial charge >= 0.3 is 0 Å². The van der Waals surface area contributed by atoms with Crippen LogP contribution in [-0.4, -0.2) is 72.7 Å². The number of ether oxygens (including phenoxy) is 2. The van der Waals surface area contributed by atoms with Gasteiger partial charge in [0, 0.05) is 54.8 Å². The number of rotatable bonds is 6. The molecule has 1 aromatic heterocycles. The van der Waals surface area contributed by atoms with Gasteiger partial charge in [0.05, 0.1) is 19.7 Å². The first-order chi connectivity index (χ1) is 17.4. The molecule has 3 aromatic rings. The first-order valence-corrected chi connectivity index (χ1v) is 12.5. The predicted molar refractivity (Wildman–Crippen MR) is 141 cm³/mol. The third-order valence-corrected chi connectivity index (χ3v) is 7.21. The third kappa shape index (κ3) is 4.46. The fraction of sp³-hybridized carbons (Fsp3) is 0.360. The number of nitrogens with one attached hydrogen (secondary N) is 1. The Balaban J connectivity index is 1.25. The van der Waals surface area contributed by atoms with Crippen molar-refractivity contribution in [2.45, 2.75) is 18.9 Å². The van der Waals surface area contributed by atoms with Gasteiger partial charge in [-0.2, -0.15) is 0 Å². The number of carbonyl (C=O) groups excluding carboxylic acids is 2. The molecule has 1 fully saturated rings. The number of carbonyl (C=O) groups is 2. The fourth-order valence-corrected chi connectivity index (χ4v) is 5.14. The van der Waals surface area contributed by atoms with E-state index in [4.69, 9.17) is 33.3 Å². The number of hydrogen-bond acceptors (Lipinski definition) is 8. The van der Waals surface area contributed by atoms with E-state index in [1.807, 2.05) is 29.2 Å². The van der Waals surface area contributed by atoms with Crippen LogP contribution >= 0.6 is 23.8 Å². The molecule has 3 heterocycles. The molecule has 2 aliphatic heterocycles. The van der Waals surface area contributed by atoms with E-state index in [1.54, 1.807) is 26.4 Å². The summed E-state index contributed by atoms with van der Waals surface area (Å²) >= 11 is 11.4. The molecule has 0 radical (unpaired) electrons. The van der Waals surface area contributed by atoms with Crippen molar-refractivity contribution in [1.29, 1.82) is 0 Å². The third-order valence-electron chi connectivity index (χ3n) is 6.69. The minimum Gasteiger partial charge on any atom is -0.493 e. The minimum atomic E-state index is -0.563. The number of nitrogens with zero attached hydrogens (tertiary/aromatic N) is 4. The SMILES string of the molecule is COc1cc2nc(=S)n3c(c2cc1OC)N[C@@H](CCC(=O)N1CCN(c2ccc(Cl)cc2)CC1)C3=O. The quantitative estimate of drug-likeness (QED) is 0.481. The van der Waals surface area contributed by atoms with Gasteiger partial charge < -0.3 is 24.6 Å². The zero-order chi connectivity index (χ0) is 25.4. The van der Waals surface area contributed by atoms with Crippen LogP contribution in [0.3, 0.4) is 0 Å². The van der Waals surface area contributed by atoms with Crippen molar-refractivity contribution in [3.05, 3.63) is 46.2 Å². The standard InChI is InChI=1S/C25H26ClN5O4S/c1-34-20-13-17-19(14-21(20)35-2)28-25(36)31-23(17)27-18(24(31)33)7-8-22(32)30-11-9-29(10-12-30)16-5-3-15(26)4-6-16/h3-6,13-14,18,27H,7-12H2,1-2H3/t18-/m0/s1. The molecule has 11 heteroatoms. The van der Waals surface area contributed by atoms with Crippen LogP contribution in [-0.2, 0) is 4.79 Å².